The Morgan fingerprint density at radius 2 is 1.87 bits per heavy atom. The molecule has 158 valence electrons. The van der Waals surface area contributed by atoms with Crippen LogP contribution in [-0.2, 0) is 16.6 Å². The summed E-state index contributed by atoms with van der Waals surface area (Å²) in [6.07, 6.45) is 0. The number of amides is 1. The van der Waals surface area contributed by atoms with E-state index in [1.807, 2.05) is 54.8 Å². The summed E-state index contributed by atoms with van der Waals surface area (Å²) in [6, 6.07) is 17.4. The third kappa shape index (κ3) is 4.89. The molecule has 0 bridgehead atoms. The van der Waals surface area contributed by atoms with E-state index in [0.717, 1.165) is 10.4 Å². The first kappa shape index (κ1) is 22.0. The van der Waals surface area contributed by atoms with Crippen molar-refractivity contribution in [2.75, 3.05) is 14.2 Å². The normalized spacial score (nSPS) is 12.5. The van der Waals surface area contributed by atoms with Crippen LogP contribution in [0.4, 0.5) is 0 Å². The second-order valence-corrected chi connectivity index (χ2v) is 9.82. The lowest BCUT2D eigenvalue weighted by atomic mass is 10.2. The van der Waals surface area contributed by atoms with Crippen molar-refractivity contribution in [3.8, 4) is 5.75 Å². The summed E-state index contributed by atoms with van der Waals surface area (Å²) in [5.74, 6) is -0.154. The second kappa shape index (κ2) is 9.42. The van der Waals surface area contributed by atoms with E-state index in [1.165, 1.54) is 30.6 Å². The molecule has 0 spiro atoms. The molecule has 0 aliphatic heterocycles. The summed E-state index contributed by atoms with van der Waals surface area (Å²) in [6.45, 7) is 2.09. The Bertz CT molecular complexity index is 1100. The number of thiophene rings is 1. The van der Waals surface area contributed by atoms with Crippen molar-refractivity contribution in [3.05, 3.63) is 82.0 Å². The van der Waals surface area contributed by atoms with E-state index in [4.69, 9.17) is 4.74 Å². The zero-order chi connectivity index (χ0) is 21.7. The fourth-order valence-corrected chi connectivity index (χ4v) is 5.07. The minimum atomic E-state index is -3.88. The molecule has 3 rings (SSSR count). The highest BCUT2D eigenvalue weighted by Crippen LogP contribution is 2.28. The van der Waals surface area contributed by atoms with Gasteiger partial charge in [0.1, 0.15) is 10.6 Å². The number of methoxy groups -OCH3 is 1. The van der Waals surface area contributed by atoms with Gasteiger partial charge in [0.05, 0.1) is 13.2 Å². The van der Waals surface area contributed by atoms with Crippen molar-refractivity contribution in [2.24, 2.45) is 0 Å². The van der Waals surface area contributed by atoms with Gasteiger partial charge in [0.25, 0.3) is 5.91 Å². The van der Waals surface area contributed by atoms with Crippen LogP contribution < -0.4 is 10.1 Å². The van der Waals surface area contributed by atoms with E-state index >= 15 is 0 Å². The molecule has 1 amide bonds. The van der Waals surface area contributed by atoms with Crippen LogP contribution in [0, 0.1) is 0 Å². The Labute approximate surface area is 181 Å². The van der Waals surface area contributed by atoms with Crippen molar-refractivity contribution in [1.82, 2.24) is 9.62 Å². The number of benzene rings is 2. The van der Waals surface area contributed by atoms with Crippen LogP contribution >= 0.6 is 11.3 Å². The van der Waals surface area contributed by atoms with Crippen LogP contribution in [-0.4, -0.2) is 32.8 Å². The molecule has 0 fully saturated rings. The molecule has 1 aromatic heterocycles. The summed E-state index contributed by atoms with van der Waals surface area (Å²) in [4.78, 5) is 13.7. The molecule has 2 aromatic carbocycles. The first-order valence-corrected chi connectivity index (χ1v) is 11.7. The topological polar surface area (TPSA) is 75.7 Å². The zero-order valence-corrected chi connectivity index (χ0v) is 18.7. The monoisotopic (exact) mass is 444 g/mol. The number of nitrogens with zero attached hydrogens (tertiary/aromatic N) is 1. The first-order chi connectivity index (χ1) is 14.3. The van der Waals surface area contributed by atoms with Gasteiger partial charge >= 0.3 is 0 Å². The van der Waals surface area contributed by atoms with E-state index in [0.29, 0.717) is 0 Å². The first-order valence-electron chi connectivity index (χ1n) is 9.35. The Kier molecular flexibility index (Phi) is 6.91. The molecule has 0 radical (unpaired) electrons. The fraction of sp³-hybridized carbons (Fsp3) is 0.227. The maximum atomic E-state index is 13.2. The Hall–Kier alpha value is -2.68. The highest BCUT2D eigenvalue weighted by atomic mass is 32.2. The molecular formula is C22H24N2O4S2. The predicted octanol–water partition coefficient (Wildman–Crippen LogP) is 4.07. The van der Waals surface area contributed by atoms with Gasteiger partial charge in [0.15, 0.2) is 0 Å². The number of nitrogens with one attached hydrogen (secondary N) is 1. The summed E-state index contributed by atoms with van der Waals surface area (Å²) in [5, 5.41) is 4.85. The number of hydrogen-bond acceptors (Lipinski definition) is 5. The van der Waals surface area contributed by atoms with Gasteiger partial charge in [-0.1, -0.05) is 36.4 Å². The van der Waals surface area contributed by atoms with Crippen molar-refractivity contribution in [1.29, 1.82) is 0 Å². The third-order valence-corrected chi connectivity index (χ3v) is 7.56. The largest absolute Gasteiger partial charge is 0.495 e. The molecule has 1 unspecified atom stereocenters. The average Bonchev–Trinajstić information content (AvgIpc) is 3.29. The third-order valence-electron chi connectivity index (χ3n) is 4.68. The van der Waals surface area contributed by atoms with Crippen molar-refractivity contribution < 1.29 is 17.9 Å². The minimum absolute atomic E-state index is 0.0418. The van der Waals surface area contributed by atoms with Crippen molar-refractivity contribution in [2.45, 2.75) is 24.4 Å². The molecule has 0 aliphatic rings. The van der Waals surface area contributed by atoms with Gasteiger partial charge in [0.2, 0.25) is 10.0 Å². The maximum absolute atomic E-state index is 13.2. The fourth-order valence-electron chi connectivity index (χ4n) is 3.00. The molecule has 8 heteroatoms. The van der Waals surface area contributed by atoms with E-state index in [2.05, 4.69) is 5.32 Å². The quantitative estimate of drug-likeness (QED) is 0.568. The van der Waals surface area contributed by atoms with Crippen LogP contribution in [0.15, 0.2) is 70.9 Å². The van der Waals surface area contributed by atoms with Crippen LogP contribution in [0.5, 0.6) is 5.75 Å². The van der Waals surface area contributed by atoms with Gasteiger partial charge in [-0.15, -0.1) is 11.3 Å². The second-order valence-electron chi connectivity index (χ2n) is 6.82. The molecule has 30 heavy (non-hydrogen) atoms. The van der Waals surface area contributed by atoms with Gasteiger partial charge in [-0.3, -0.25) is 4.79 Å². The van der Waals surface area contributed by atoms with E-state index < -0.39 is 10.0 Å². The Morgan fingerprint density at radius 1 is 1.13 bits per heavy atom. The Balaban J connectivity index is 1.87. The van der Waals surface area contributed by atoms with Gasteiger partial charge in [0, 0.05) is 24.0 Å². The standard InChI is InChI=1S/C22H24N2O4S2/c1-16(20-10-7-13-29-20)23-22(25)18-11-12-19(28-3)21(14-18)30(26,27)24(2)15-17-8-5-4-6-9-17/h4-14,16H,15H2,1-3H3,(H,23,25). The molecular weight excluding hydrogens is 420 g/mol. The van der Waals surface area contributed by atoms with Crippen LogP contribution in [0.25, 0.3) is 0 Å². The van der Waals surface area contributed by atoms with Crippen LogP contribution in [0.2, 0.25) is 0 Å². The number of sulfonamides is 1. The summed E-state index contributed by atoms with van der Waals surface area (Å²) in [5.41, 5.74) is 1.12. The van der Waals surface area contributed by atoms with Gasteiger partial charge in [-0.25, -0.2) is 8.42 Å². The van der Waals surface area contributed by atoms with Gasteiger partial charge in [-0.05, 0) is 42.1 Å². The lowest BCUT2D eigenvalue weighted by Gasteiger charge is -2.20. The number of ether oxygens (including phenoxy) is 1. The summed E-state index contributed by atoms with van der Waals surface area (Å²) in [7, 11) is -0.963. The molecule has 3 aromatic rings. The maximum Gasteiger partial charge on any atom is 0.251 e. The lowest BCUT2D eigenvalue weighted by molar-refractivity contribution is 0.0940. The smallest absolute Gasteiger partial charge is 0.251 e. The van der Waals surface area contributed by atoms with E-state index in [-0.39, 0.29) is 34.7 Å². The number of hydrogen-bond donors (Lipinski definition) is 1. The summed E-state index contributed by atoms with van der Waals surface area (Å²) >= 11 is 1.55. The molecule has 1 atom stereocenters. The van der Waals surface area contributed by atoms with E-state index in [1.54, 1.807) is 17.4 Å². The Morgan fingerprint density at radius 3 is 2.50 bits per heavy atom. The van der Waals surface area contributed by atoms with Crippen molar-refractivity contribution >= 4 is 27.3 Å². The lowest BCUT2D eigenvalue weighted by Crippen LogP contribution is -2.28. The molecule has 1 N–H and O–H groups in total. The van der Waals surface area contributed by atoms with Crippen LogP contribution in [0.1, 0.15) is 33.8 Å². The van der Waals surface area contributed by atoms with Crippen molar-refractivity contribution in [3.63, 3.8) is 0 Å². The molecule has 1 heterocycles. The highest BCUT2D eigenvalue weighted by molar-refractivity contribution is 7.89. The SMILES string of the molecule is COc1ccc(C(=O)NC(C)c2cccs2)cc1S(=O)(=O)N(C)Cc1ccccc1. The van der Waals surface area contributed by atoms with Gasteiger partial charge in [-0.2, -0.15) is 4.31 Å². The van der Waals surface area contributed by atoms with Gasteiger partial charge < -0.3 is 10.1 Å². The molecule has 0 saturated carbocycles. The van der Waals surface area contributed by atoms with E-state index in [9.17, 15) is 13.2 Å². The predicted molar refractivity (Wildman–Crippen MR) is 118 cm³/mol. The molecule has 0 saturated heterocycles. The average molecular weight is 445 g/mol. The number of carbonyl (C=O) groups is 1. The molecule has 6 nitrogen and oxygen atoms in total. The molecule has 0 aliphatic carbocycles. The minimum Gasteiger partial charge on any atom is -0.495 e. The zero-order valence-electron chi connectivity index (χ0n) is 17.0. The number of carbonyl (C=O) groups excluding carboxylic acids is 1. The summed E-state index contributed by atoms with van der Waals surface area (Å²) < 4.78 is 32.9. The highest BCUT2D eigenvalue weighted by Gasteiger charge is 2.26. The number of rotatable bonds is 8. The van der Waals surface area contributed by atoms with Crippen LogP contribution in [0.3, 0.4) is 0 Å².